The number of methoxy groups -OCH3 is 2. The molecular weight excluding hydrogens is 470 g/mol. The number of carbonyl (C=O) groups excluding carboxylic acids is 2. The zero-order valence-corrected chi connectivity index (χ0v) is 19.3. The maximum absolute atomic E-state index is 13.8. The number of hydrogen-bond donors (Lipinski definition) is 0. The number of benzene rings is 3. The maximum atomic E-state index is 13.8. The second-order valence-electron chi connectivity index (χ2n) is 7.37. The number of hydrogen-bond acceptors (Lipinski definition) is 5. The van der Waals surface area contributed by atoms with Gasteiger partial charge in [-0.15, -0.1) is 0 Å². The summed E-state index contributed by atoms with van der Waals surface area (Å²) in [5, 5.41) is 0. The molecule has 0 amide bonds. The average Bonchev–Trinajstić information content (AvgIpc) is 3.21. The first kappa shape index (κ1) is 21.8. The van der Waals surface area contributed by atoms with E-state index in [4.69, 9.17) is 9.47 Å². The van der Waals surface area contributed by atoms with Crippen LogP contribution < -0.4 is 4.90 Å². The summed E-state index contributed by atoms with van der Waals surface area (Å²) in [6.45, 7) is 0. The fraction of sp³-hybridized carbons (Fsp3) is 0.154. The summed E-state index contributed by atoms with van der Waals surface area (Å²) in [6.07, 6.45) is 1.80. The molecule has 0 unspecified atom stereocenters. The Morgan fingerprint density at radius 1 is 0.875 bits per heavy atom. The number of carbonyl (C=O) groups is 2. The van der Waals surface area contributed by atoms with Gasteiger partial charge in [-0.05, 0) is 41.5 Å². The number of anilines is 1. The van der Waals surface area contributed by atoms with Crippen molar-refractivity contribution in [3.8, 4) is 0 Å². The summed E-state index contributed by atoms with van der Waals surface area (Å²) in [4.78, 5) is 28.5. The van der Waals surface area contributed by atoms with E-state index in [-0.39, 0.29) is 5.70 Å². The monoisotopic (exact) mass is 491 g/mol. The lowest BCUT2D eigenvalue weighted by Gasteiger charge is -2.42. The number of esters is 2. The molecule has 0 saturated carbocycles. The van der Waals surface area contributed by atoms with Gasteiger partial charge in [0.2, 0.25) is 0 Å². The zero-order valence-electron chi connectivity index (χ0n) is 17.7. The normalized spacial score (nSPS) is 19.9. The van der Waals surface area contributed by atoms with Gasteiger partial charge in [0.05, 0.1) is 14.2 Å². The van der Waals surface area contributed by atoms with Crippen molar-refractivity contribution >= 4 is 33.6 Å². The zero-order chi connectivity index (χ0) is 22.7. The Kier molecular flexibility index (Phi) is 6.15. The van der Waals surface area contributed by atoms with E-state index in [9.17, 15) is 9.59 Å². The second-order valence-corrected chi connectivity index (χ2v) is 8.29. The van der Waals surface area contributed by atoms with Crippen molar-refractivity contribution in [1.29, 1.82) is 0 Å². The molecule has 3 aromatic carbocycles. The van der Waals surface area contributed by atoms with Gasteiger partial charge in [-0.2, -0.15) is 0 Å². The van der Waals surface area contributed by atoms with Crippen LogP contribution >= 0.6 is 15.9 Å². The average molecular weight is 492 g/mol. The van der Waals surface area contributed by atoms with Crippen LogP contribution in [-0.2, 0) is 24.6 Å². The van der Waals surface area contributed by atoms with Gasteiger partial charge in [0.25, 0.3) is 0 Å². The van der Waals surface area contributed by atoms with Gasteiger partial charge in [0.1, 0.15) is 5.70 Å². The highest BCUT2D eigenvalue weighted by molar-refractivity contribution is 9.10. The molecule has 0 radical (unpaired) electrons. The number of ether oxygens (including phenoxy) is 2. The van der Waals surface area contributed by atoms with Crippen molar-refractivity contribution in [2.24, 2.45) is 0 Å². The molecule has 4 rings (SSSR count). The Hall–Kier alpha value is -3.38. The van der Waals surface area contributed by atoms with Crippen LogP contribution in [0.4, 0.5) is 5.69 Å². The molecule has 0 N–H and O–H groups in total. The third-order valence-corrected chi connectivity index (χ3v) is 6.19. The molecular formula is C26H22BrNO4. The standard InChI is InChI=1S/C26H22BrNO4/c1-31-24(29)23-17-22(18-10-9-13-20(27)16-18)26(25(30)32-2,19-11-5-3-6-12-19)28(23)21-14-7-4-8-15-21/h3-17,22H,1-2H3/t22-,26-/m1/s1. The van der Waals surface area contributed by atoms with E-state index in [0.717, 1.165) is 10.0 Å². The van der Waals surface area contributed by atoms with E-state index >= 15 is 0 Å². The van der Waals surface area contributed by atoms with E-state index in [2.05, 4.69) is 15.9 Å². The lowest BCUT2D eigenvalue weighted by molar-refractivity contribution is -0.147. The first-order valence-corrected chi connectivity index (χ1v) is 10.9. The minimum Gasteiger partial charge on any atom is -0.467 e. The molecule has 32 heavy (non-hydrogen) atoms. The van der Waals surface area contributed by atoms with Crippen molar-refractivity contribution in [1.82, 2.24) is 0 Å². The molecule has 1 aliphatic rings. The van der Waals surface area contributed by atoms with Crippen LogP contribution in [0.1, 0.15) is 17.0 Å². The van der Waals surface area contributed by atoms with Crippen LogP contribution in [0, 0.1) is 0 Å². The summed E-state index contributed by atoms with van der Waals surface area (Å²) in [5.41, 5.74) is 1.15. The Labute approximate surface area is 195 Å². The van der Waals surface area contributed by atoms with Crippen molar-refractivity contribution in [3.63, 3.8) is 0 Å². The highest BCUT2D eigenvalue weighted by Gasteiger charge is 2.59. The number of para-hydroxylation sites is 1. The van der Waals surface area contributed by atoms with Crippen molar-refractivity contribution in [3.05, 3.63) is 112 Å². The van der Waals surface area contributed by atoms with Crippen LogP contribution in [0.2, 0.25) is 0 Å². The van der Waals surface area contributed by atoms with Gasteiger partial charge in [0.15, 0.2) is 5.54 Å². The summed E-state index contributed by atoms with van der Waals surface area (Å²) in [5.74, 6) is -1.53. The summed E-state index contributed by atoms with van der Waals surface area (Å²) >= 11 is 3.53. The van der Waals surface area contributed by atoms with Crippen molar-refractivity contribution in [2.75, 3.05) is 19.1 Å². The molecule has 1 heterocycles. The molecule has 0 bridgehead atoms. The van der Waals surface area contributed by atoms with E-state index in [1.165, 1.54) is 14.2 Å². The first-order chi connectivity index (χ1) is 15.5. The predicted octanol–water partition coefficient (Wildman–Crippen LogP) is 5.18. The van der Waals surface area contributed by atoms with E-state index < -0.39 is 23.4 Å². The Morgan fingerprint density at radius 3 is 2.12 bits per heavy atom. The smallest absolute Gasteiger partial charge is 0.354 e. The molecule has 0 saturated heterocycles. The van der Waals surface area contributed by atoms with Crippen molar-refractivity contribution in [2.45, 2.75) is 11.5 Å². The third-order valence-electron chi connectivity index (χ3n) is 5.70. The fourth-order valence-corrected chi connectivity index (χ4v) is 4.81. The molecule has 0 aliphatic carbocycles. The van der Waals surface area contributed by atoms with E-state index in [0.29, 0.717) is 11.3 Å². The number of nitrogens with zero attached hydrogens (tertiary/aromatic N) is 1. The molecule has 3 aromatic rings. The first-order valence-electron chi connectivity index (χ1n) is 10.1. The molecule has 6 heteroatoms. The largest absolute Gasteiger partial charge is 0.467 e. The Balaban J connectivity index is 2.10. The van der Waals surface area contributed by atoms with Gasteiger partial charge in [-0.1, -0.05) is 76.6 Å². The Morgan fingerprint density at radius 2 is 1.53 bits per heavy atom. The maximum Gasteiger partial charge on any atom is 0.354 e. The molecule has 0 aromatic heterocycles. The van der Waals surface area contributed by atoms with Crippen LogP contribution in [0.5, 0.6) is 0 Å². The summed E-state index contributed by atoms with van der Waals surface area (Å²) in [6, 6.07) is 26.4. The highest BCUT2D eigenvalue weighted by Crippen LogP contribution is 2.53. The van der Waals surface area contributed by atoms with Gasteiger partial charge < -0.3 is 14.4 Å². The topological polar surface area (TPSA) is 55.8 Å². The summed E-state index contributed by atoms with van der Waals surface area (Å²) < 4.78 is 11.4. The molecule has 2 atom stereocenters. The van der Waals surface area contributed by atoms with Crippen LogP contribution in [-0.4, -0.2) is 26.2 Å². The van der Waals surface area contributed by atoms with Crippen molar-refractivity contribution < 1.29 is 19.1 Å². The quantitative estimate of drug-likeness (QED) is 0.460. The Bertz CT molecular complexity index is 1160. The van der Waals surface area contributed by atoms with E-state index in [1.54, 1.807) is 11.0 Å². The number of halogens is 1. The minimum absolute atomic E-state index is 0.276. The van der Waals surface area contributed by atoms with Crippen LogP contribution in [0.15, 0.2) is 101 Å². The summed E-state index contributed by atoms with van der Waals surface area (Å²) in [7, 11) is 2.70. The van der Waals surface area contributed by atoms with Gasteiger partial charge in [0, 0.05) is 16.1 Å². The fourth-order valence-electron chi connectivity index (χ4n) is 4.40. The third kappa shape index (κ3) is 3.50. The number of rotatable bonds is 5. The van der Waals surface area contributed by atoms with Gasteiger partial charge in [-0.25, -0.2) is 9.59 Å². The predicted molar refractivity (Wildman–Crippen MR) is 126 cm³/mol. The highest BCUT2D eigenvalue weighted by atomic mass is 79.9. The molecule has 0 spiro atoms. The molecule has 0 fully saturated rings. The lowest BCUT2D eigenvalue weighted by Crippen LogP contribution is -2.53. The lowest BCUT2D eigenvalue weighted by atomic mass is 9.75. The van der Waals surface area contributed by atoms with Gasteiger partial charge in [-0.3, -0.25) is 0 Å². The van der Waals surface area contributed by atoms with Crippen LogP contribution in [0.25, 0.3) is 0 Å². The molecule has 5 nitrogen and oxygen atoms in total. The molecule has 1 aliphatic heterocycles. The second kappa shape index (κ2) is 9.01. The van der Waals surface area contributed by atoms with Gasteiger partial charge >= 0.3 is 11.9 Å². The molecule has 162 valence electrons. The SMILES string of the molecule is COC(=O)C1=C[C@H](c2cccc(Br)c2)[C@@](C(=O)OC)(c2ccccc2)N1c1ccccc1. The van der Waals surface area contributed by atoms with Crippen LogP contribution in [0.3, 0.4) is 0 Å². The van der Waals surface area contributed by atoms with E-state index in [1.807, 2.05) is 84.9 Å². The minimum atomic E-state index is -1.36.